The van der Waals surface area contributed by atoms with Crippen molar-refractivity contribution in [1.29, 1.82) is 0 Å². The fraction of sp³-hybridized carbons (Fsp3) is 0.700. The first-order valence-corrected chi connectivity index (χ1v) is 14.0. The van der Waals surface area contributed by atoms with Gasteiger partial charge in [0.2, 0.25) is 0 Å². The maximum Gasteiger partial charge on any atom is 0.309 e. The predicted octanol–water partition coefficient (Wildman–Crippen LogP) is 4.64. The maximum absolute atomic E-state index is 13.7. The molecule has 7 atom stereocenters. The Bertz CT molecular complexity index is 989. The smallest absolute Gasteiger partial charge is 0.309 e. The van der Waals surface area contributed by atoms with Crippen molar-refractivity contribution in [3.05, 3.63) is 35.7 Å². The van der Waals surface area contributed by atoms with Crippen molar-refractivity contribution in [3.63, 3.8) is 0 Å². The number of fused-ring (bicyclic) bond motifs is 1. The Labute approximate surface area is 220 Å². The van der Waals surface area contributed by atoms with Gasteiger partial charge in [0.1, 0.15) is 11.9 Å². The third kappa shape index (κ3) is 5.99. The lowest BCUT2D eigenvalue weighted by molar-refractivity contribution is -0.162. The highest BCUT2D eigenvalue weighted by Gasteiger charge is 2.55. The van der Waals surface area contributed by atoms with Crippen LogP contribution in [0, 0.1) is 17.3 Å². The van der Waals surface area contributed by atoms with Crippen molar-refractivity contribution in [2.24, 2.45) is 17.3 Å². The molecule has 7 nitrogen and oxygen atoms in total. The van der Waals surface area contributed by atoms with E-state index in [9.17, 15) is 19.8 Å². The molecule has 3 heterocycles. The molecule has 0 aromatic carbocycles. The molecule has 1 aromatic heterocycles. The molecule has 7 heteroatoms. The molecule has 2 aliphatic heterocycles. The number of aromatic nitrogens is 1. The number of aliphatic hydroxyl groups is 2. The summed E-state index contributed by atoms with van der Waals surface area (Å²) in [5.74, 6) is -1.22. The summed E-state index contributed by atoms with van der Waals surface area (Å²) in [7, 11) is 0. The van der Waals surface area contributed by atoms with Gasteiger partial charge < -0.3 is 19.7 Å². The minimum Gasteiger partial charge on any atom is -0.458 e. The summed E-state index contributed by atoms with van der Waals surface area (Å²) in [5, 5.41) is 22.3. The number of esters is 1. The van der Waals surface area contributed by atoms with Crippen LogP contribution in [0.4, 0.5) is 0 Å². The van der Waals surface area contributed by atoms with Crippen LogP contribution >= 0.6 is 0 Å². The number of cyclic esters (lactones) is 1. The van der Waals surface area contributed by atoms with Gasteiger partial charge in [-0.05, 0) is 75.7 Å². The van der Waals surface area contributed by atoms with Crippen LogP contribution in [0.25, 0.3) is 6.08 Å². The first kappa shape index (κ1) is 27.9. The summed E-state index contributed by atoms with van der Waals surface area (Å²) in [5.41, 5.74) is 0.356. The summed E-state index contributed by atoms with van der Waals surface area (Å²) in [4.78, 5) is 31.2. The van der Waals surface area contributed by atoms with E-state index in [0.717, 1.165) is 37.0 Å². The molecule has 4 rings (SSSR count). The Kier molecular flexibility index (Phi) is 8.56. The van der Waals surface area contributed by atoms with Crippen molar-refractivity contribution in [2.45, 2.75) is 115 Å². The van der Waals surface area contributed by atoms with Crippen LogP contribution in [0.3, 0.4) is 0 Å². The molecule has 2 unspecified atom stereocenters. The molecule has 204 valence electrons. The number of carbonyl (C=O) groups excluding carboxylic acids is 2. The zero-order valence-electron chi connectivity index (χ0n) is 22.7. The number of nitrogens with zero attached hydrogens (tertiary/aromatic N) is 1. The molecule has 2 saturated heterocycles. The lowest BCUT2D eigenvalue weighted by atomic mass is 9.58. The van der Waals surface area contributed by atoms with Crippen LogP contribution < -0.4 is 0 Å². The average Bonchev–Trinajstić information content (AvgIpc) is 3.46. The van der Waals surface area contributed by atoms with Crippen LogP contribution in [0.15, 0.2) is 30.0 Å². The van der Waals surface area contributed by atoms with Crippen LogP contribution in [0.2, 0.25) is 0 Å². The first-order valence-electron chi connectivity index (χ1n) is 14.0. The fourth-order valence-electron chi connectivity index (χ4n) is 6.27. The maximum atomic E-state index is 13.7. The quantitative estimate of drug-likeness (QED) is 0.448. The number of ketones is 1. The molecule has 2 N–H and O–H groups in total. The van der Waals surface area contributed by atoms with Gasteiger partial charge >= 0.3 is 5.97 Å². The van der Waals surface area contributed by atoms with Crippen molar-refractivity contribution < 1.29 is 29.3 Å². The summed E-state index contributed by atoms with van der Waals surface area (Å²) < 4.78 is 12.0. The number of aliphatic hydroxyl groups excluding tert-OH is 2. The van der Waals surface area contributed by atoms with Gasteiger partial charge in [-0.2, -0.15) is 0 Å². The van der Waals surface area contributed by atoms with Crippen molar-refractivity contribution >= 4 is 17.8 Å². The highest BCUT2D eigenvalue weighted by molar-refractivity contribution is 5.89. The molecule has 3 aliphatic rings. The van der Waals surface area contributed by atoms with Crippen LogP contribution in [-0.2, 0) is 19.1 Å². The number of epoxide rings is 1. The van der Waals surface area contributed by atoms with Gasteiger partial charge in [-0.15, -0.1) is 0 Å². The van der Waals surface area contributed by atoms with E-state index in [1.54, 1.807) is 6.20 Å². The monoisotopic (exact) mass is 513 g/mol. The van der Waals surface area contributed by atoms with E-state index in [-0.39, 0.29) is 29.8 Å². The number of hydrogen-bond acceptors (Lipinski definition) is 7. The number of carbonyl (C=O) groups is 2. The molecule has 1 saturated carbocycles. The van der Waals surface area contributed by atoms with Crippen molar-refractivity contribution in [3.8, 4) is 0 Å². The summed E-state index contributed by atoms with van der Waals surface area (Å²) >= 11 is 0. The predicted molar refractivity (Wildman–Crippen MR) is 140 cm³/mol. The molecule has 0 radical (unpaired) electrons. The second kappa shape index (κ2) is 11.3. The Morgan fingerprint density at radius 3 is 2.57 bits per heavy atom. The second-order valence-corrected chi connectivity index (χ2v) is 11.7. The molecule has 0 bridgehead atoms. The van der Waals surface area contributed by atoms with Crippen LogP contribution in [-0.4, -0.2) is 57.0 Å². The zero-order chi connectivity index (χ0) is 26.8. The van der Waals surface area contributed by atoms with E-state index in [0.29, 0.717) is 25.7 Å². The van der Waals surface area contributed by atoms with Gasteiger partial charge in [-0.1, -0.05) is 32.8 Å². The minimum atomic E-state index is -1.13. The third-order valence-corrected chi connectivity index (χ3v) is 9.15. The number of Topliss-reactive ketones (excluding diaryl/α,β-unsaturated/α-hetero) is 1. The molecular formula is C30H43NO6. The molecule has 1 aromatic rings. The molecule has 3 fully saturated rings. The standard InChI is InChI=1S/C30H43NO6/c1-5-22-27(34)19(2)10-8-12-29(4)25(37-29)17-23(20(3)16-21-11-6-7-15-31-21)36-26(33)18-24(32)30(28(22)35)13-9-14-30/h6-7,11,15-16,19,22-25,27,32,34H,5,8-10,12-14,17-18H2,1-4H3/b20-16+/t19-,22+,23-,24+,25?,27-,29?/m0/s1. The topological polar surface area (TPSA) is 109 Å². The molecular weight excluding hydrogens is 470 g/mol. The normalized spacial score (nSPS) is 37.4. The Hall–Kier alpha value is -2.09. The number of hydrogen-bond donors (Lipinski definition) is 2. The SMILES string of the molecule is CC[C@H]1C(=O)C2(CCC2)[C@H](O)CC(=O)O[C@H](/C(C)=C/c2ccccn2)CC2OC2(C)CCC[C@H](C)[C@@H]1O. The number of ether oxygens (including phenoxy) is 2. The van der Waals surface area contributed by atoms with Crippen LogP contribution in [0.1, 0.15) is 91.2 Å². The molecule has 37 heavy (non-hydrogen) atoms. The van der Waals surface area contributed by atoms with Gasteiger partial charge in [0, 0.05) is 18.5 Å². The highest BCUT2D eigenvalue weighted by Crippen LogP contribution is 2.49. The Morgan fingerprint density at radius 2 is 1.95 bits per heavy atom. The van der Waals surface area contributed by atoms with Gasteiger partial charge in [-0.25, -0.2) is 0 Å². The van der Waals surface area contributed by atoms with Gasteiger partial charge in [0.05, 0.1) is 41.4 Å². The van der Waals surface area contributed by atoms with Crippen molar-refractivity contribution in [1.82, 2.24) is 4.98 Å². The third-order valence-electron chi connectivity index (χ3n) is 9.15. The van der Waals surface area contributed by atoms with Gasteiger partial charge in [0.25, 0.3) is 0 Å². The molecule has 1 spiro atoms. The van der Waals surface area contributed by atoms with E-state index in [1.807, 2.05) is 45.0 Å². The number of rotatable bonds is 3. The Balaban J connectivity index is 1.60. The van der Waals surface area contributed by atoms with E-state index in [4.69, 9.17) is 9.47 Å². The Morgan fingerprint density at radius 1 is 1.19 bits per heavy atom. The van der Waals surface area contributed by atoms with E-state index in [2.05, 4.69) is 11.9 Å². The van der Waals surface area contributed by atoms with Gasteiger partial charge in [-0.3, -0.25) is 14.6 Å². The zero-order valence-corrected chi connectivity index (χ0v) is 22.7. The highest BCUT2D eigenvalue weighted by atomic mass is 16.6. The average molecular weight is 514 g/mol. The summed E-state index contributed by atoms with van der Waals surface area (Å²) in [6.07, 6.45) is 6.36. The fourth-order valence-corrected chi connectivity index (χ4v) is 6.27. The lowest BCUT2D eigenvalue weighted by Gasteiger charge is -2.46. The first-order chi connectivity index (χ1) is 17.6. The van der Waals surface area contributed by atoms with Crippen LogP contribution in [0.5, 0.6) is 0 Å². The molecule has 0 amide bonds. The van der Waals surface area contributed by atoms with E-state index in [1.165, 1.54) is 0 Å². The largest absolute Gasteiger partial charge is 0.458 e. The summed E-state index contributed by atoms with van der Waals surface area (Å²) in [6.45, 7) is 7.92. The minimum absolute atomic E-state index is 0.0432. The van der Waals surface area contributed by atoms with Gasteiger partial charge in [0.15, 0.2) is 0 Å². The van der Waals surface area contributed by atoms with Crippen molar-refractivity contribution in [2.75, 3.05) is 0 Å². The van der Waals surface area contributed by atoms with E-state index < -0.39 is 35.6 Å². The number of pyridine rings is 1. The summed E-state index contributed by atoms with van der Waals surface area (Å²) in [6, 6.07) is 5.66. The van der Waals surface area contributed by atoms with E-state index >= 15 is 0 Å². The lowest BCUT2D eigenvalue weighted by Crippen LogP contribution is -2.53. The molecule has 1 aliphatic carbocycles. The second-order valence-electron chi connectivity index (χ2n) is 11.7.